The summed E-state index contributed by atoms with van der Waals surface area (Å²) in [5, 5.41) is 17.1. The van der Waals surface area contributed by atoms with Crippen LogP contribution in [0.15, 0.2) is 89.6 Å². The monoisotopic (exact) mass is 922 g/mol. The number of likely N-dealkylation sites (tertiary alicyclic amines) is 1. The van der Waals surface area contributed by atoms with Crippen molar-refractivity contribution in [3.63, 3.8) is 0 Å². The second-order valence-electron chi connectivity index (χ2n) is 18.7. The number of nitrogens with zero attached hydrogens (tertiary/aromatic N) is 5. The Kier molecular flexibility index (Phi) is 12.5. The third kappa shape index (κ3) is 10.1. The smallest absolute Gasteiger partial charge is 0.297 e. The molecule has 5 aromatic rings. The molecule has 342 valence electrons. The number of allylic oxidation sites excluding steroid dienone is 1. The molecule has 2 saturated heterocycles. The van der Waals surface area contributed by atoms with Gasteiger partial charge in [0.1, 0.15) is 23.8 Å². The van der Waals surface area contributed by atoms with Gasteiger partial charge >= 0.3 is 0 Å². The Bertz CT molecular complexity index is 2740. The van der Waals surface area contributed by atoms with E-state index < -0.39 is 31.4 Å². The molecule has 3 N–H and O–H groups in total. The lowest BCUT2D eigenvalue weighted by Gasteiger charge is -2.39. The molecule has 0 saturated carbocycles. The van der Waals surface area contributed by atoms with E-state index in [4.69, 9.17) is 21.1 Å². The first-order valence-corrected chi connectivity index (χ1v) is 24.2. The van der Waals surface area contributed by atoms with Gasteiger partial charge in [-0.2, -0.15) is 0 Å². The number of fused-ring (bicyclic) bond motifs is 2. The van der Waals surface area contributed by atoms with Gasteiger partial charge in [-0.1, -0.05) is 43.2 Å². The average molecular weight is 924 g/mol. The number of ether oxygens (including phenoxy) is 2. The minimum Gasteiger partial charge on any atom is -0.489 e. The van der Waals surface area contributed by atoms with Crippen molar-refractivity contribution >= 4 is 61.2 Å². The van der Waals surface area contributed by atoms with E-state index >= 15 is 0 Å². The summed E-state index contributed by atoms with van der Waals surface area (Å²) in [6.07, 6.45) is 9.31. The van der Waals surface area contributed by atoms with E-state index in [-0.39, 0.29) is 40.8 Å². The minimum atomic E-state index is -4.64. The van der Waals surface area contributed by atoms with Gasteiger partial charge in [0.25, 0.3) is 21.6 Å². The quantitative estimate of drug-likeness (QED) is 0.0803. The average Bonchev–Trinajstić information content (AvgIpc) is 3.76. The molecule has 15 nitrogen and oxygen atoms in total. The van der Waals surface area contributed by atoms with E-state index in [0.717, 1.165) is 107 Å². The predicted molar refractivity (Wildman–Crippen MR) is 253 cm³/mol. The van der Waals surface area contributed by atoms with Crippen LogP contribution in [0.5, 0.6) is 17.2 Å². The highest BCUT2D eigenvalue weighted by Crippen LogP contribution is 2.44. The molecule has 1 aliphatic carbocycles. The lowest BCUT2D eigenvalue weighted by atomic mass is 9.72. The van der Waals surface area contributed by atoms with Crippen LogP contribution in [0.25, 0.3) is 16.6 Å². The Morgan fingerprint density at radius 1 is 1.03 bits per heavy atom. The van der Waals surface area contributed by atoms with Gasteiger partial charge in [0.15, 0.2) is 11.4 Å². The molecule has 9 rings (SSSR count). The number of piperidine rings is 1. The largest absolute Gasteiger partial charge is 0.489 e. The fourth-order valence-electron chi connectivity index (χ4n) is 9.61. The number of pyridine rings is 1. The molecule has 0 radical (unpaired) electrons. The standard InChI is InChI=1S/C48H55ClN8O7S/c1-48(2)14-10-34(41(27-48)32-4-6-35(49)7-5-32)29-55-18-20-56(21-19-55)37-8-9-40(43(24-37)64-38-23-33-11-15-50-46(33)51-28-38)47(58)53-65(61,62)39-25-42(57(59)60)45-44(26-39)63-30-36(52-45)22-31-12-16-54(3)17-13-31/h4-9,11,15,23-26,28,31,36,52H,10,12-14,16-22,27,29-30H2,1-3H3,(H,50,51)(H,53,58)/t36-/m1/s1. The first-order valence-electron chi connectivity index (χ1n) is 22.3. The van der Waals surface area contributed by atoms with Gasteiger partial charge in [0.2, 0.25) is 0 Å². The molecular formula is C48H55ClN8O7S. The van der Waals surface area contributed by atoms with Crippen LogP contribution in [0.3, 0.4) is 0 Å². The number of benzene rings is 3. The van der Waals surface area contributed by atoms with Crippen LogP contribution in [0, 0.1) is 21.4 Å². The molecule has 4 aliphatic rings. The molecule has 1 atom stereocenters. The van der Waals surface area contributed by atoms with E-state index in [9.17, 15) is 23.3 Å². The van der Waals surface area contributed by atoms with Crippen molar-refractivity contribution in [1.29, 1.82) is 0 Å². The van der Waals surface area contributed by atoms with Crippen LogP contribution in [0.2, 0.25) is 5.02 Å². The van der Waals surface area contributed by atoms with Gasteiger partial charge in [0, 0.05) is 73.2 Å². The number of anilines is 2. The van der Waals surface area contributed by atoms with Crippen molar-refractivity contribution in [3.05, 3.63) is 111 Å². The number of hydrogen-bond acceptors (Lipinski definition) is 12. The predicted octanol–water partition coefficient (Wildman–Crippen LogP) is 8.73. The van der Waals surface area contributed by atoms with Crippen molar-refractivity contribution < 1.29 is 27.6 Å². The van der Waals surface area contributed by atoms with Gasteiger partial charge < -0.3 is 29.6 Å². The van der Waals surface area contributed by atoms with Crippen LogP contribution in [-0.4, -0.2) is 105 Å². The van der Waals surface area contributed by atoms with E-state index in [0.29, 0.717) is 17.3 Å². The number of piperazine rings is 1. The molecule has 1 amide bonds. The molecule has 0 unspecified atom stereocenters. The number of carbonyl (C=O) groups is 1. The highest BCUT2D eigenvalue weighted by molar-refractivity contribution is 7.90. The summed E-state index contributed by atoms with van der Waals surface area (Å²) < 4.78 is 42.4. The number of nitro benzene ring substituents is 1. The zero-order chi connectivity index (χ0) is 45.5. The fourth-order valence-corrected chi connectivity index (χ4v) is 10.7. The van der Waals surface area contributed by atoms with Crippen LogP contribution < -0.4 is 24.4 Å². The Labute approximate surface area is 384 Å². The molecule has 2 fully saturated rings. The first-order chi connectivity index (χ1) is 31.2. The van der Waals surface area contributed by atoms with Gasteiger partial charge in [-0.3, -0.25) is 19.8 Å². The number of rotatable bonds is 12. The number of carbonyl (C=O) groups excluding carboxylic acids is 1. The van der Waals surface area contributed by atoms with Crippen molar-refractivity contribution in [1.82, 2.24) is 24.5 Å². The maximum Gasteiger partial charge on any atom is 0.297 e. The van der Waals surface area contributed by atoms with Crippen LogP contribution in [0.4, 0.5) is 17.1 Å². The lowest BCUT2D eigenvalue weighted by Crippen LogP contribution is -2.47. The Morgan fingerprint density at radius 2 is 1.80 bits per heavy atom. The van der Waals surface area contributed by atoms with Crippen LogP contribution in [0.1, 0.15) is 68.3 Å². The van der Waals surface area contributed by atoms with Gasteiger partial charge in [0.05, 0.1) is 27.6 Å². The van der Waals surface area contributed by atoms with E-state index in [1.807, 2.05) is 18.2 Å². The minimum absolute atomic E-state index is 0.0363. The van der Waals surface area contributed by atoms with Crippen LogP contribution >= 0.6 is 11.6 Å². The molecule has 17 heteroatoms. The van der Waals surface area contributed by atoms with Crippen molar-refractivity contribution in [2.24, 2.45) is 11.3 Å². The van der Waals surface area contributed by atoms with Crippen LogP contribution in [-0.2, 0) is 10.0 Å². The maximum absolute atomic E-state index is 14.1. The third-order valence-corrected chi connectivity index (χ3v) is 14.9. The number of hydrogen-bond donors (Lipinski definition) is 3. The fraction of sp³-hybridized carbons (Fsp3) is 0.417. The number of amides is 1. The number of nitrogens with one attached hydrogen (secondary N) is 3. The second kappa shape index (κ2) is 18.3. The molecule has 65 heavy (non-hydrogen) atoms. The topological polar surface area (TPSA) is 175 Å². The maximum atomic E-state index is 14.1. The normalized spacial score (nSPS) is 19.6. The number of aromatic nitrogens is 2. The molecule has 0 spiro atoms. The molecule has 3 aromatic carbocycles. The molecule has 3 aliphatic heterocycles. The van der Waals surface area contributed by atoms with Crippen molar-refractivity contribution in [3.8, 4) is 17.2 Å². The summed E-state index contributed by atoms with van der Waals surface area (Å²) >= 11 is 6.25. The van der Waals surface area contributed by atoms with E-state index in [1.54, 1.807) is 30.5 Å². The number of halogens is 1. The Morgan fingerprint density at radius 3 is 2.55 bits per heavy atom. The summed E-state index contributed by atoms with van der Waals surface area (Å²) in [6, 6.07) is 18.9. The summed E-state index contributed by atoms with van der Waals surface area (Å²) in [4.78, 5) is 39.8. The lowest BCUT2D eigenvalue weighted by molar-refractivity contribution is -0.384. The molecular weight excluding hydrogens is 868 g/mol. The third-order valence-electron chi connectivity index (χ3n) is 13.4. The number of aromatic amines is 1. The van der Waals surface area contributed by atoms with Crippen molar-refractivity contribution in [2.75, 3.05) is 69.7 Å². The summed E-state index contributed by atoms with van der Waals surface area (Å²) in [5.41, 5.74) is 5.42. The Hall–Kier alpha value is -5.68. The molecule has 5 heterocycles. The molecule has 0 bridgehead atoms. The van der Waals surface area contributed by atoms with E-state index in [2.05, 4.69) is 67.7 Å². The number of H-pyrrole nitrogens is 1. The zero-order valence-corrected chi connectivity index (χ0v) is 38.5. The summed E-state index contributed by atoms with van der Waals surface area (Å²) in [6.45, 7) is 10.8. The first kappa shape index (κ1) is 44.5. The zero-order valence-electron chi connectivity index (χ0n) is 36.9. The summed E-state index contributed by atoms with van der Waals surface area (Å²) in [5.74, 6) is -0.0159. The van der Waals surface area contributed by atoms with Crippen molar-refractivity contribution in [2.45, 2.75) is 63.3 Å². The van der Waals surface area contributed by atoms with Gasteiger partial charge in [-0.25, -0.2) is 18.1 Å². The van der Waals surface area contributed by atoms with E-state index in [1.165, 1.54) is 29.0 Å². The Balaban J connectivity index is 0.933. The highest BCUT2D eigenvalue weighted by Gasteiger charge is 2.34. The highest BCUT2D eigenvalue weighted by atomic mass is 35.5. The SMILES string of the molecule is CN1CCC(C[C@@H]2COc3cc(S(=O)(=O)NC(=O)c4ccc(N5CCN(CC6=C(c7ccc(Cl)cc7)CC(C)(C)CC6)CC5)cc4Oc4cnc5[nH]ccc5c4)cc([N+](=O)[O-])c3N2)CC1. The molecule has 2 aromatic heterocycles. The van der Waals surface area contributed by atoms with Gasteiger partial charge in [-0.15, -0.1) is 0 Å². The number of sulfonamides is 1. The summed E-state index contributed by atoms with van der Waals surface area (Å²) in [7, 11) is -2.55. The number of nitro groups is 1. The van der Waals surface area contributed by atoms with Gasteiger partial charge in [-0.05, 0) is 118 Å². The second-order valence-corrected chi connectivity index (χ2v) is 20.8.